The van der Waals surface area contributed by atoms with E-state index < -0.39 is 5.97 Å². The van der Waals surface area contributed by atoms with Crippen LogP contribution in [0, 0.1) is 6.92 Å². The number of nitrogens with zero attached hydrogens (tertiary/aromatic N) is 3. The molecule has 3 aromatic rings. The lowest BCUT2D eigenvalue weighted by atomic mass is 10.1. The van der Waals surface area contributed by atoms with Crippen molar-refractivity contribution in [3.63, 3.8) is 0 Å². The number of aromatic nitrogens is 3. The molecule has 0 atom stereocenters. The Balaban J connectivity index is 2.36. The number of hydrogen-bond acceptors (Lipinski definition) is 3. The largest absolute Gasteiger partial charge is 0.478 e. The average Bonchev–Trinajstić information content (AvgIpc) is 2.86. The van der Waals surface area contributed by atoms with Gasteiger partial charge >= 0.3 is 5.97 Å². The maximum Gasteiger partial charge on any atom is 0.335 e. The molecular formula is C14H11N3O2. The molecule has 0 amide bonds. The van der Waals surface area contributed by atoms with Crippen LogP contribution in [0.4, 0.5) is 0 Å². The highest BCUT2D eigenvalue weighted by molar-refractivity contribution is 5.91. The van der Waals surface area contributed by atoms with E-state index in [2.05, 4.69) is 9.97 Å². The fourth-order valence-electron chi connectivity index (χ4n) is 2.09. The molecule has 0 saturated heterocycles. The molecule has 0 saturated carbocycles. The zero-order chi connectivity index (χ0) is 13.4. The van der Waals surface area contributed by atoms with Gasteiger partial charge in [-0.2, -0.15) is 0 Å². The lowest BCUT2D eigenvalue weighted by Crippen LogP contribution is -2.01. The minimum Gasteiger partial charge on any atom is -0.478 e. The normalized spacial score (nSPS) is 10.8. The second kappa shape index (κ2) is 4.20. The fraction of sp³-hybridized carbons (Fsp3) is 0.0714. The number of aryl methyl sites for hydroxylation is 1. The van der Waals surface area contributed by atoms with E-state index in [0.29, 0.717) is 0 Å². The van der Waals surface area contributed by atoms with E-state index in [9.17, 15) is 9.90 Å². The Bertz CT molecular complexity index is 777. The van der Waals surface area contributed by atoms with E-state index >= 15 is 0 Å². The summed E-state index contributed by atoms with van der Waals surface area (Å²) >= 11 is 0. The second-order valence-corrected chi connectivity index (χ2v) is 4.31. The number of aromatic carboxylic acids is 1. The van der Waals surface area contributed by atoms with Gasteiger partial charge in [0.25, 0.3) is 0 Å². The molecule has 0 unspecified atom stereocenters. The van der Waals surface area contributed by atoms with Gasteiger partial charge in [-0.15, -0.1) is 0 Å². The van der Waals surface area contributed by atoms with Gasteiger partial charge in [-0.05, 0) is 30.7 Å². The molecule has 3 rings (SSSR count). The van der Waals surface area contributed by atoms with E-state index in [-0.39, 0.29) is 5.56 Å². The predicted octanol–water partition coefficient (Wildman–Crippen LogP) is 2.40. The quantitative estimate of drug-likeness (QED) is 0.761. The second-order valence-electron chi connectivity index (χ2n) is 4.31. The first-order valence-electron chi connectivity index (χ1n) is 5.77. The molecule has 0 aliphatic rings. The van der Waals surface area contributed by atoms with Gasteiger partial charge in [0, 0.05) is 18.0 Å². The highest BCUT2D eigenvalue weighted by Gasteiger charge is 2.12. The lowest BCUT2D eigenvalue weighted by molar-refractivity contribution is 0.0697. The summed E-state index contributed by atoms with van der Waals surface area (Å²) in [5.41, 5.74) is 3.70. The third-order valence-corrected chi connectivity index (χ3v) is 3.08. The third-order valence-electron chi connectivity index (χ3n) is 3.08. The Kier molecular flexibility index (Phi) is 2.52. The standard InChI is InChI=1S/C14H11N3O2/c1-9-2-3-15-7-12(9)13-5-10(14(18)19)4-11-6-16-8-17(11)13/h2-8H,1H3,(H,18,19). The summed E-state index contributed by atoms with van der Waals surface area (Å²) in [5.74, 6) is -0.952. The lowest BCUT2D eigenvalue weighted by Gasteiger charge is -2.09. The minimum absolute atomic E-state index is 0.242. The van der Waals surface area contributed by atoms with Gasteiger partial charge in [0.15, 0.2) is 0 Å². The van der Waals surface area contributed by atoms with Crippen molar-refractivity contribution >= 4 is 11.5 Å². The van der Waals surface area contributed by atoms with Crippen molar-refractivity contribution in [2.24, 2.45) is 0 Å². The SMILES string of the molecule is Cc1ccncc1-c1cc(C(=O)O)cc2cncn12. The van der Waals surface area contributed by atoms with E-state index in [1.165, 1.54) is 0 Å². The van der Waals surface area contributed by atoms with Crippen molar-refractivity contribution in [1.29, 1.82) is 0 Å². The Morgan fingerprint density at radius 3 is 2.84 bits per heavy atom. The molecule has 0 fully saturated rings. The molecule has 5 heteroatoms. The van der Waals surface area contributed by atoms with Crippen LogP contribution >= 0.6 is 0 Å². The van der Waals surface area contributed by atoms with Gasteiger partial charge < -0.3 is 5.11 Å². The van der Waals surface area contributed by atoms with Crippen LogP contribution in [0.1, 0.15) is 15.9 Å². The van der Waals surface area contributed by atoms with Crippen molar-refractivity contribution in [3.05, 3.63) is 54.2 Å². The van der Waals surface area contributed by atoms with E-state index in [1.807, 2.05) is 17.4 Å². The first kappa shape index (κ1) is 11.4. The van der Waals surface area contributed by atoms with Crippen molar-refractivity contribution < 1.29 is 9.90 Å². The molecule has 94 valence electrons. The van der Waals surface area contributed by atoms with Crippen molar-refractivity contribution in [1.82, 2.24) is 14.4 Å². The van der Waals surface area contributed by atoms with Gasteiger partial charge in [0.2, 0.25) is 0 Å². The molecule has 0 radical (unpaired) electrons. The Hall–Kier alpha value is -2.69. The number of rotatable bonds is 2. The van der Waals surface area contributed by atoms with E-state index in [0.717, 1.165) is 22.3 Å². The van der Waals surface area contributed by atoms with E-state index in [4.69, 9.17) is 0 Å². The maximum atomic E-state index is 11.2. The van der Waals surface area contributed by atoms with Crippen molar-refractivity contribution in [3.8, 4) is 11.3 Å². The zero-order valence-electron chi connectivity index (χ0n) is 10.2. The molecule has 0 bridgehead atoms. The molecule has 3 aromatic heterocycles. The molecule has 1 N–H and O–H groups in total. The van der Waals surface area contributed by atoms with Gasteiger partial charge in [-0.3, -0.25) is 9.38 Å². The summed E-state index contributed by atoms with van der Waals surface area (Å²) in [7, 11) is 0. The molecule has 0 aliphatic carbocycles. The van der Waals surface area contributed by atoms with Crippen molar-refractivity contribution in [2.75, 3.05) is 0 Å². The highest BCUT2D eigenvalue weighted by atomic mass is 16.4. The van der Waals surface area contributed by atoms with Crippen LogP contribution in [0.15, 0.2) is 43.1 Å². The number of fused-ring (bicyclic) bond motifs is 1. The molecule has 5 nitrogen and oxygen atoms in total. The average molecular weight is 253 g/mol. The molecule has 3 heterocycles. The molecule has 0 aliphatic heterocycles. The summed E-state index contributed by atoms with van der Waals surface area (Å²) in [6.07, 6.45) is 6.76. The van der Waals surface area contributed by atoms with Crippen LogP contribution in [-0.4, -0.2) is 25.4 Å². The molecule has 0 spiro atoms. The van der Waals surface area contributed by atoms with E-state index in [1.54, 1.807) is 37.1 Å². The van der Waals surface area contributed by atoms with Gasteiger partial charge in [-0.25, -0.2) is 9.78 Å². The Morgan fingerprint density at radius 2 is 2.11 bits per heavy atom. The van der Waals surface area contributed by atoms with Crippen LogP contribution < -0.4 is 0 Å². The van der Waals surface area contributed by atoms with Gasteiger partial charge in [0.1, 0.15) is 0 Å². The summed E-state index contributed by atoms with van der Waals surface area (Å²) in [4.78, 5) is 19.4. The minimum atomic E-state index is -0.952. The summed E-state index contributed by atoms with van der Waals surface area (Å²) < 4.78 is 1.86. The Labute approximate surface area is 109 Å². The predicted molar refractivity (Wildman–Crippen MR) is 70.1 cm³/mol. The van der Waals surface area contributed by atoms with Crippen LogP contribution in [0.2, 0.25) is 0 Å². The molecule has 19 heavy (non-hydrogen) atoms. The summed E-state index contributed by atoms with van der Waals surface area (Å²) in [6.45, 7) is 1.97. The van der Waals surface area contributed by atoms with Crippen LogP contribution in [0.3, 0.4) is 0 Å². The number of carboxylic acids is 1. The van der Waals surface area contributed by atoms with Crippen molar-refractivity contribution in [2.45, 2.75) is 6.92 Å². The summed E-state index contributed by atoms with van der Waals surface area (Å²) in [5, 5.41) is 9.18. The number of imidazole rings is 1. The smallest absolute Gasteiger partial charge is 0.335 e. The van der Waals surface area contributed by atoms with Crippen LogP contribution in [-0.2, 0) is 0 Å². The number of hydrogen-bond donors (Lipinski definition) is 1. The highest BCUT2D eigenvalue weighted by Crippen LogP contribution is 2.25. The molecular weight excluding hydrogens is 242 g/mol. The number of carbonyl (C=O) groups is 1. The van der Waals surface area contributed by atoms with Gasteiger partial charge in [0.05, 0.1) is 29.3 Å². The first-order valence-corrected chi connectivity index (χ1v) is 5.77. The van der Waals surface area contributed by atoms with Crippen LogP contribution in [0.5, 0.6) is 0 Å². The first-order chi connectivity index (χ1) is 9.16. The van der Waals surface area contributed by atoms with Crippen LogP contribution in [0.25, 0.3) is 16.8 Å². The number of pyridine rings is 2. The van der Waals surface area contributed by atoms with Gasteiger partial charge in [-0.1, -0.05) is 0 Å². The zero-order valence-corrected chi connectivity index (χ0v) is 10.2. The number of carboxylic acid groups (broad SMARTS) is 1. The third kappa shape index (κ3) is 1.85. The topological polar surface area (TPSA) is 67.5 Å². The summed E-state index contributed by atoms with van der Waals surface area (Å²) in [6, 6.07) is 5.14. The molecule has 0 aromatic carbocycles. The monoisotopic (exact) mass is 253 g/mol. The maximum absolute atomic E-state index is 11.2. The Morgan fingerprint density at radius 1 is 1.26 bits per heavy atom. The fourth-order valence-corrected chi connectivity index (χ4v) is 2.09.